The Kier molecular flexibility index (Phi) is 9.15. The molecule has 4 fully saturated rings. The smallest absolute Gasteiger partial charge is 0.282 e. The van der Waals surface area contributed by atoms with E-state index >= 15 is 0 Å². The zero-order valence-corrected chi connectivity index (χ0v) is 21.7. The van der Waals surface area contributed by atoms with Gasteiger partial charge >= 0.3 is 0 Å². The lowest BCUT2D eigenvalue weighted by Gasteiger charge is -2.41. The van der Waals surface area contributed by atoms with E-state index in [-0.39, 0.29) is 17.0 Å². The molecule has 0 radical (unpaired) electrons. The third-order valence-electron chi connectivity index (χ3n) is 8.14. The van der Waals surface area contributed by atoms with Gasteiger partial charge < -0.3 is 19.7 Å². The molecule has 6 nitrogen and oxygen atoms in total. The predicted molar refractivity (Wildman–Crippen MR) is 140 cm³/mol. The lowest BCUT2D eigenvalue weighted by molar-refractivity contribution is 0.189. The molecule has 2 saturated heterocycles. The first kappa shape index (κ1) is 25.8. The Morgan fingerprint density at radius 2 is 1.44 bits per heavy atom. The van der Waals surface area contributed by atoms with Crippen molar-refractivity contribution in [1.29, 1.82) is 0 Å². The molecule has 2 aliphatic heterocycles. The first-order chi connectivity index (χ1) is 16.6. The van der Waals surface area contributed by atoms with Crippen molar-refractivity contribution < 1.29 is 9.79 Å². The monoisotopic (exact) mass is 487 g/mol. The second-order valence-corrected chi connectivity index (χ2v) is 11.3. The number of hydrogen-bond donors (Lipinski definition) is 3. The molecule has 4 aliphatic rings. The molecule has 2 aliphatic carbocycles. The van der Waals surface area contributed by atoms with Crippen molar-refractivity contribution in [3.8, 4) is 0 Å². The van der Waals surface area contributed by atoms with Crippen LogP contribution in [0.5, 0.6) is 0 Å². The number of fused-ring (bicyclic) bond motifs is 5. The lowest BCUT2D eigenvalue weighted by atomic mass is 9.72. The zero-order chi connectivity index (χ0) is 24.1. The number of piperidine rings is 2. The molecule has 3 heterocycles. The Balaban J connectivity index is 0.000000207. The summed E-state index contributed by atoms with van der Waals surface area (Å²) in [6.45, 7) is 4.00. The van der Waals surface area contributed by atoms with Gasteiger partial charge in [-0.05, 0) is 56.1 Å². The molecule has 0 amide bonds. The Labute approximate surface area is 205 Å². The SMILES string of the molecule is C1CC2CCCC(C1)C2.CC.O=c1c(P(O)O)nc2ccccc2n1C1CC2CCC[C@@H](C1)N2. The number of para-hydroxylation sites is 2. The zero-order valence-electron chi connectivity index (χ0n) is 20.8. The predicted octanol–water partition coefficient (Wildman–Crippen LogP) is 5.17. The largest absolute Gasteiger partial charge is 0.345 e. The molecule has 0 spiro atoms. The first-order valence-corrected chi connectivity index (χ1v) is 14.8. The maximum atomic E-state index is 12.8. The Bertz CT molecular complexity index is 963. The van der Waals surface area contributed by atoms with E-state index in [4.69, 9.17) is 0 Å². The number of rotatable bonds is 2. The molecule has 6 rings (SSSR count). The summed E-state index contributed by atoms with van der Waals surface area (Å²) in [4.78, 5) is 36.2. The van der Waals surface area contributed by atoms with E-state index in [0.29, 0.717) is 17.6 Å². The van der Waals surface area contributed by atoms with Crippen LogP contribution >= 0.6 is 8.38 Å². The summed E-state index contributed by atoms with van der Waals surface area (Å²) < 4.78 is 1.76. The molecule has 188 valence electrons. The highest BCUT2D eigenvalue weighted by Gasteiger charge is 2.34. The minimum atomic E-state index is -2.50. The normalized spacial score (nSPS) is 30.1. The standard InChI is InChI=1S/C16H20N3O3P.C9H16.C2H6/c20-16-15(23(21)22)18-13-6-1-2-7-14(13)19(16)12-8-10-4-3-5-11(9-12)17-10;1-3-8-5-2-6-9(4-1)7-8;1-2/h1-2,6-7,10-12,17,21-22H,3-5,8-9H2;8-9H,1-7H2;1-2H3/t10-,11?,12?;;/m0../s1. The van der Waals surface area contributed by atoms with Crippen LogP contribution < -0.4 is 16.3 Å². The van der Waals surface area contributed by atoms with Crippen LogP contribution in [0.15, 0.2) is 29.1 Å². The lowest BCUT2D eigenvalue weighted by Crippen LogP contribution is -2.51. The van der Waals surface area contributed by atoms with Gasteiger partial charge in [0.15, 0.2) is 5.44 Å². The molecule has 2 unspecified atom stereocenters. The Morgan fingerprint density at radius 1 is 0.882 bits per heavy atom. The topological polar surface area (TPSA) is 87.4 Å². The van der Waals surface area contributed by atoms with Gasteiger partial charge in [0, 0.05) is 18.1 Å². The van der Waals surface area contributed by atoms with Crippen molar-refractivity contribution >= 4 is 24.8 Å². The minimum Gasteiger partial charge on any atom is -0.345 e. The van der Waals surface area contributed by atoms with Crippen molar-refractivity contribution in [2.75, 3.05) is 0 Å². The molecule has 3 atom stereocenters. The van der Waals surface area contributed by atoms with Crippen molar-refractivity contribution in [3.05, 3.63) is 34.6 Å². The fourth-order valence-electron chi connectivity index (χ4n) is 6.70. The van der Waals surface area contributed by atoms with Gasteiger partial charge in [-0.3, -0.25) is 4.79 Å². The quantitative estimate of drug-likeness (QED) is 0.509. The van der Waals surface area contributed by atoms with Crippen LogP contribution in [-0.2, 0) is 0 Å². The average molecular weight is 488 g/mol. The molecular weight excluding hydrogens is 445 g/mol. The Hall–Kier alpha value is -1.33. The fourth-order valence-corrected chi connectivity index (χ4v) is 7.18. The van der Waals surface area contributed by atoms with E-state index in [0.717, 1.165) is 43.0 Å². The molecule has 3 N–H and O–H groups in total. The van der Waals surface area contributed by atoms with Crippen LogP contribution in [0.25, 0.3) is 11.0 Å². The van der Waals surface area contributed by atoms with Crippen LogP contribution in [0, 0.1) is 11.8 Å². The molecular formula is C27H42N3O3P. The van der Waals surface area contributed by atoms with Gasteiger partial charge in [0.05, 0.1) is 11.0 Å². The third kappa shape index (κ3) is 5.90. The van der Waals surface area contributed by atoms with Crippen LogP contribution in [0.4, 0.5) is 0 Å². The van der Waals surface area contributed by atoms with E-state index in [2.05, 4.69) is 10.3 Å². The second kappa shape index (κ2) is 12.1. The van der Waals surface area contributed by atoms with Gasteiger partial charge in [-0.1, -0.05) is 70.9 Å². The number of nitrogens with zero attached hydrogens (tertiary/aromatic N) is 2. The number of aromatic nitrogens is 2. The van der Waals surface area contributed by atoms with Crippen molar-refractivity contribution in [2.24, 2.45) is 11.8 Å². The first-order valence-electron chi connectivity index (χ1n) is 13.5. The van der Waals surface area contributed by atoms with Gasteiger partial charge in [0.1, 0.15) is 0 Å². The summed E-state index contributed by atoms with van der Waals surface area (Å²) in [5.41, 5.74) is 0.941. The summed E-state index contributed by atoms with van der Waals surface area (Å²) in [6, 6.07) is 8.42. The molecule has 2 saturated carbocycles. The van der Waals surface area contributed by atoms with Crippen molar-refractivity contribution in [3.63, 3.8) is 0 Å². The Morgan fingerprint density at radius 3 is 2.00 bits per heavy atom. The van der Waals surface area contributed by atoms with Crippen molar-refractivity contribution in [1.82, 2.24) is 14.9 Å². The molecule has 4 bridgehead atoms. The maximum absolute atomic E-state index is 12.8. The van der Waals surface area contributed by atoms with E-state index in [1.807, 2.05) is 38.1 Å². The van der Waals surface area contributed by atoms with Gasteiger partial charge in [-0.15, -0.1) is 0 Å². The van der Waals surface area contributed by atoms with Crippen LogP contribution in [0.2, 0.25) is 0 Å². The van der Waals surface area contributed by atoms with E-state index < -0.39 is 8.38 Å². The summed E-state index contributed by atoms with van der Waals surface area (Å²) >= 11 is 0. The summed E-state index contributed by atoms with van der Waals surface area (Å²) in [6.07, 6.45) is 16.2. The van der Waals surface area contributed by atoms with E-state index in [9.17, 15) is 14.6 Å². The van der Waals surface area contributed by atoms with Gasteiger partial charge in [0.25, 0.3) is 5.56 Å². The van der Waals surface area contributed by atoms with Crippen LogP contribution in [-0.4, -0.2) is 31.4 Å². The van der Waals surface area contributed by atoms with E-state index in [1.165, 1.54) is 19.3 Å². The average Bonchev–Trinajstić information content (AvgIpc) is 2.85. The highest BCUT2D eigenvalue weighted by molar-refractivity contribution is 7.53. The number of nitrogens with one attached hydrogen (secondary N) is 1. The minimum absolute atomic E-state index is 0.0839. The van der Waals surface area contributed by atoms with E-state index in [1.54, 1.807) is 36.7 Å². The van der Waals surface area contributed by atoms with Gasteiger partial charge in [-0.2, -0.15) is 0 Å². The van der Waals surface area contributed by atoms with Crippen LogP contribution in [0.3, 0.4) is 0 Å². The highest BCUT2D eigenvalue weighted by atomic mass is 31.2. The summed E-state index contributed by atoms with van der Waals surface area (Å²) in [5, 5.41) is 3.63. The highest BCUT2D eigenvalue weighted by Crippen LogP contribution is 2.39. The van der Waals surface area contributed by atoms with Gasteiger partial charge in [0.2, 0.25) is 8.38 Å². The molecule has 2 aromatic rings. The number of hydrogen-bond acceptors (Lipinski definition) is 5. The second-order valence-electron chi connectivity index (χ2n) is 10.3. The summed E-state index contributed by atoms with van der Waals surface area (Å²) in [5.74, 6) is 2.30. The van der Waals surface area contributed by atoms with Crippen LogP contribution in [0.1, 0.15) is 96.9 Å². The fraction of sp³-hybridized carbons (Fsp3) is 0.704. The van der Waals surface area contributed by atoms with Gasteiger partial charge in [-0.25, -0.2) is 4.98 Å². The molecule has 7 heteroatoms. The molecule has 1 aromatic heterocycles. The summed E-state index contributed by atoms with van der Waals surface area (Å²) in [7, 11) is -2.50. The maximum Gasteiger partial charge on any atom is 0.282 e. The number of benzene rings is 1. The third-order valence-corrected chi connectivity index (χ3v) is 8.81. The van der Waals surface area contributed by atoms with Crippen molar-refractivity contribution in [2.45, 2.75) is 109 Å². The molecule has 34 heavy (non-hydrogen) atoms. The molecule has 1 aromatic carbocycles.